The summed E-state index contributed by atoms with van der Waals surface area (Å²) in [5, 5.41) is 0. The van der Waals surface area contributed by atoms with Crippen molar-refractivity contribution >= 4 is 18.5 Å². The van der Waals surface area contributed by atoms with Gasteiger partial charge in [0.25, 0.3) is 0 Å². The van der Waals surface area contributed by atoms with Crippen molar-refractivity contribution in [2.45, 2.75) is 52.2 Å². The van der Waals surface area contributed by atoms with Crippen molar-refractivity contribution in [1.82, 2.24) is 0 Å². The number of benzene rings is 1. The van der Waals surface area contributed by atoms with E-state index < -0.39 is 18.3 Å². The van der Waals surface area contributed by atoms with Gasteiger partial charge in [0.15, 0.2) is 0 Å². The Kier molecular flexibility index (Phi) is 3.69. The molecule has 2 rings (SSSR count). The molecular formula is C15H22BNO3. The lowest BCUT2D eigenvalue weighted by Crippen LogP contribution is -2.41. The minimum absolute atomic E-state index is 0.196. The fraction of sp³-hybridized carbons (Fsp3) is 0.533. The van der Waals surface area contributed by atoms with Crippen LogP contribution in [0.4, 0.5) is 0 Å². The van der Waals surface area contributed by atoms with Crippen molar-refractivity contribution in [1.29, 1.82) is 0 Å². The van der Waals surface area contributed by atoms with Gasteiger partial charge in [-0.1, -0.05) is 23.8 Å². The third-order valence-corrected chi connectivity index (χ3v) is 4.17. The number of amides is 1. The van der Waals surface area contributed by atoms with Gasteiger partial charge in [-0.15, -0.1) is 0 Å². The Balaban J connectivity index is 2.37. The van der Waals surface area contributed by atoms with E-state index in [1.54, 1.807) is 0 Å². The second-order valence-corrected chi connectivity index (χ2v) is 6.43. The quantitative estimate of drug-likeness (QED) is 0.846. The fourth-order valence-corrected chi connectivity index (χ4v) is 2.28. The molecule has 1 saturated heterocycles. The number of nitrogens with two attached hydrogens (primary N) is 1. The average Bonchev–Trinajstić information content (AvgIpc) is 2.46. The highest BCUT2D eigenvalue weighted by Gasteiger charge is 2.52. The number of hydrogen-bond acceptors (Lipinski definition) is 3. The van der Waals surface area contributed by atoms with Crippen LogP contribution in [0.25, 0.3) is 0 Å². The van der Waals surface area contributed by atoms with Crippen molar-refractivity contribution in [2.75, 3.05) is 0 Å². The van der Waals surface area contributed by atoms with E-state index in [-0.39, 0.29) is 12.3 Å². The largest absolute Gasteiger partial charge is 0.495 e. The molecule has 4 nitrogen and oxygen atoms in total. The van der Waals surface area contributed by atoms with Crippen LogP contribution in [-0.2, 0) is 20.5 Å². The molecule has 1 amide bonds. The molecule has 0 aromatic heterocycles. The number of aryl methyl sites for hydroxylation is 1. The predicted molar refractivity (Wildman–Crippen MR) is 79.8 cm³/mol. The maximum atomic E-state index is 11.2. The maximum absolute atomic E-state index is 11.2. The molecule has 1 fully saturated rings. The molecule has 0 aliphatic carbocycles. The molecule has 1 aliphatic rings. The van der Waals surface area contributed by atoms with Crippen molar-refractivity contribution in [3.05, 3.63) is 29.3 Å². The zero-order valence-electron chi connectivity index (χ0n) is 12.8. The van der Waals surface area contributed by atoms with Crippen LogP contribution in [0.1, 0.15) is 38.8 Å². The van der Waals surface area contributed by atoms with Crippen molar-refractivity contribution in [2.24, 2.45) is 5.73 Å². The Morgan fingerprint density at radius 1 is 1.20 bits per heavy atom. The number of carbonyl (C=O) groups excluding carboxylic acids is 1. The first-order chi connectivity index (χ1) is 9.12. The molecule has 0 unspecified atom stereocenters. The summed E-state index contributed by atoms with van der Waals surface area (Å²) in [5.41, 5.74) is 7.37. The van der Waals surface area contributed by atoms with Crippen molar-refractivity contribution in [3.8, 4) is 0 Å². The molecule has 5 heteroatoms. The zero-order valence-corrected chi connectivity index (χ0v) is 12.8. The Morgan fingerprint density at radius 2 is 1.75 bits per heavy atom. The molecule has 2 N–H and O–H groups in total. The lowest BCUT2D eigenvalue weighted by atomic mass is 9.74. The number of hydrogen-bond donors (Lipinski definition) is 1. The second kappa shape index (κ2) is 4.90. The second-order valence-electron chi connectivity index (χ2n) is 6.43. The lowest BCUT2D eigenvalue weighted by Gasteiger charge is -2.32. The zero-order chi connectivity index (χ0) is 15.1. The Labute approximate surface area is 120 Å². The van der Waals surface area contributed by atoms with E-state index in [0.717, 1.165) is 16.6 Å². The molecule has 20 heavy (non-hydrogen) atoms. The molecule has 0 bridgehead atoms. The Morgan fingerprint density at radius 3 is 2.25 bits per heavy atom. The van der Waals surface area contributed by atoms with Gasteiger partial charge in [0.05, 0.1) is 17.6 Å². The Bertz CT molecular complexity index is 524. The highest BCUT2D eigenvalue weighted by atomic mass is 16.7. The first-order valence-corrected chi connectivity index (χ1v) is 6.86. The standard InChI is InChI=1S/C15H22BNO3/c1-10-6-7-12(11(8-10)9-13(17)18)16-19-14(2,3)15(4,5)20-16/h6-8H,9H2,1-5H3,(H2,17,18). The summed E-state index contributed by atoms with van der Waals surface area (Å²) < 4.78 is 12.1. The van der Waals surface area contributed by atoms with Crippen LogP contribution in [0.5, 0.6) is 0 Å². The fourth-order valence-electron chi connectivity index (χ4n) is 2.28. The summed E-state index contributed by atoms with van der Waals surface area (Å²) >= 11 is 0. The minimum atomic E-state index is -0.463. The summed E-state index contributed by atoms with van der Waals surface area (Å²) in [6.07, 6.45) is 0.196. The van der Waals surface area contributed by atoms with Gasteiger partial charge in [0.2, 0.25) is 5.91 Å². The first kappa shape index (κ1) is 15.1. The predicted octanol–water partition coefficient (Wildman–Crippen LogP) is 1.32. The lowest BCUT2D eigenvalue weighted by molar-refractivity contribution is -0.117. The van der Waals surface area contributed by atoms with Crippen molar-refractivity contribution < 1.29 is 14.1 Å². The molecule has 0 saturated carbocycles. The summed E-state index contributed by atoms with van der Waals surface area (Å²) in [6, 6.07) is 5.91. The van der Waals surface area contributed by atoms with Crippen LogP contribution in [0, 0.1) is 6.92 Å². The maximum Gasteiger partial charge on any atom is 0.495 e. The van der Waals surface area contributed by atoms with Crippen LogP contribution in [0.15, 0.2) is 18.2 Å². The van der Waals surface area contributed by atoms with Crippen LogP contribution in [0.3, 0.4) is 0 Å². The molecule has 1 heterocycles. The summed E-state index contributed by atoms with van der Waals surface area (Å²) in [4.78, 5) is 11.2. The molecular weight excluding hydrogens is 253 g/mol. The van der Waals surface area contributed by atoms with E-state index in [1.165, 1.54) is 0 Å². The first-order valence-electron chi connectivity index (χ1n) is 6.86. The van der Waals surface area contributed by atoms with E-state index in [4.69, 9.17) is 15.0 Å². The van der Waals surface area contributed by atoms with E-state index in [1.807, 2.05) is 52.8 Å². The molecule has 0 spiro atoms. The van der Waals surface area contributed by atoms with Gasteiger partial charge >= 0.3 is 7.12 Å². The van der Waals surface area contributed by atoms with Crippen LogP contribution in [-0.4, -0.2) is 24.2 Å². The molecule has 1 aromatic rings. The van der Waals surface area contributed by atoms with E-state index >= 15 is 0 Å². The van der Waals surface area contributed by atoms with Crippen LogP contribution < -0.4 is 11.2 Å². The summed E-state index contributed by atoms with van der Waals surface area (Å²) in [5.74, 6) is -0.353. The van der Waals surface area contributed by atoms with Gasteiger partial charge in [-0.05, 0) is 45.6 Å². The van der Waals surface area contributed by atoms with E-state index in [9.17, 15) is 4.79 Å². The Hall–Kier alpha value is -1.33. The summed E-state index contributed by atoms with van der Waals surface area (Å²) in [6.45, 7) is 10.0. The minimum Gasteiger partial charge on any atom is -0.399 e. The van der Waals surface area contributed by atoms with E-state index in [0.29, 0.717) is 0 Å². The van der Waals surface area contributed by atoms with Crippen LogP contribution >= 0.6 is 0 Å². The molecule has 1 aliphatic heterocycles. The normalized spacial score (nSPS) is 20.1. The number of primary amides is 1. The molecule has 108 valence electrons. The van der Waals surface area contributed by atoms with E-state index in [2.05, 4.69) is 0 Å². The van der Waals surface area contributed by atoms with Gasteiger partial charge in [-0.3, -0.25) is 4.79 Å². The highest BCUT2D eigenvalue weighted by Crippen LogP contribution is 2.36. The number of rotatable bonds is 3. The highest BCUT2D eigenvalue weighted by molar-refractivity contribution is 6.62. The molecule has 0 atom stereocenters. The van der Waals surface area contributed by atoms with Gasteiger partial charge in [-0.2, -0.15) is 0 Å². The van der Waals surface area contributed by atoms with Gasteiger partial charge < -0.3 is 15.0 Å². The molecule has 0 radical (unpaired) electrons. The number of carbonyl (C=O) groups is 1. The topological polar surface area (TPSA) is 61.6 Å². The van der Waals surface area contributed by atoms with Crippen molar-refractivity contribution in [3.63, 3.8) is 0 Å². The third-order valence-electron chi connectivity index (χ3n) is 4.17. The summed E-state index contributed by atoms with van der Waals surface area (Å²) in [7, 11) is -0.463. The monoisotopic (exact) mass is 275 g/mol. The van der Waals surface area contributed by atoms with Gasteiger partial charge in [0, 0.05) is 0 Å². The SMILES string of the molecule is Cc1ccc(B2OC(C)(C)C(C)(C)O2)c(CC(N)=O)c1. The third kappa shape index (κ3) is 2.74. The average molecular weight is 275 g/mol. The van der Waals surface area contributed by atoms with Gasteiger partial charge in [0.1, 0.15) is 0 Å². The molecule has 1 aromatic carbocycles. The van der Waals surface area contributed by atoms with Crippen LogP contribution in [0.2, 0.25) is 0 Å². The van der Waals surface area contributed by atoms with Gasteiger partial charge in [-0.25, -0.2) is 0 Å². The smallest absolute Gasteiger partial charge is 0.399 e.